The number of nitrogens with one attached hydrogen (secondary N) is 1. The summed E-state index contributed by atoms with van der Waals surface area (Å²) in [6.07, 6.45) is -0.358. The summed E-state index contributed by atoms with van der Waals surface area (Å²) in [5.41, 5.74) is 0. The number of hydrogen-bond acceptors (Lipinski definition) is 1. The molecule has 1 rings (SSSR count). The zero-order valence-electron chi connectivity index (χ0n) is 5.24. The molecule has 1 saturated heterocycles. The topological polar surface area (TPSA) is 12.0 Å². The van der Waals surface area contributed by atoms with Gasteiger partial charge in [-0.15, -0.1) is 12.4 Å². The molecule has 0 aliphatic carbocycles. The Labute approximate surface area is 63.4 Å². The summed E-state index contributed by atoms with van der Waals surface area (Å²) in [5.74, 6) is -2.68. The summed E-state index contributed by atoms with van der Waals surface area (Å²) in [6.45, 7) is -1.07. The second kappa shape index (κ2) is 3.44. The van der Waals surface area contributed by atoms with Crippen LogP contribution in [-0.2, 0) is 0 Å². The molecule has 0 aromatic rings. The van der Waals surface area contributed by atoms with Gasteiger partial charge in [-0.05, 0) is 0 Å². The van der Waals surface area contributed by atoms with Crippen LogP contribution in [0.1, 0.15) is 6.42 Å². The van der Waals surface area contributed by atoms with Crippen molar-refractivity contribution in [2.75, 3.05) is 13.2 Å². The van der Waals surface area contributed by atoms with Crippen molar-refractivity contribution in [3.63, 3.8) is 0 Å². The lowest BCUT2D eigenvalue weighted by molar-refractivity contribution is 0.0204. The molecule has 1 nitrogen and oxygen atoms in total. The molecule has 10 heavy (non-hydrogen) atoms. The first-order chi connectivity index (χ1) is 4.14. The smallest absolute Gasteiger partial charge is 0.261 e. The lowest BCUT2D eigenvalue weighted by Gasteiger charge is -2.04. The molecule has 1 aliphatic rings. The van der Waals surface area contributed by atoms with Gasteiger partial charge in [-0.25, -0.2) is 13.2 Å². The minimum Gasteiger partial charge on any atom is -0.306 e. The molecule has 0 bridgehead atoms. The predicted octanol–water partition coefficient (Wildman–Crippen LogP) is 1.37. The number of alkyl halides is 3. The fourth-order valence-electron chi connectivity index (χ4n) is 0.908. The Hall–Kier alpha value is 0.0400. The molecule has 1 fully saturated rings. The normalized spacial score (nSPS) is 29.7. The van der Waals surface area contributed by atoms with Crippen LogP contribution in [0.4, 0.5) is 13.2 Å². The molecule has 0 radical (unpaired) electrons. The molecule has 1 N–H and O–H groups in total. The van der Waals surface area contributed by atoms with Crippen molar-refractivity contribution in [3.05, 3.63) is 0 Å². The maximum atomic E-state index is 12.2. The van der Waals surface area contributed by atoms with Crippen LogP contribution in [0, 0.1) is 0 Å². The summed E-state index contributed by atoms with van der Waals surface area (Å²) in [5, 5.41) is 2.37. The van der Waals surface area contributed by atoms with Crippen molar-refractivity contribution in [1.29, 1.82) is 0 Å². The number of hydrogen-bond donors (Lipinski definition) is 1. The largest absolute Gasteiger partial charge is 0.306 e. The van der Waals surface area contributed by atoms with E-state index >= 15 is 0 Å². The van der Waals surface area contributed by atoms with Crippen LogP contribution in [0.2, 0.25) is 0 Å². The van der Waals surface area contributed by atoms with E-state index in [-0.39, 0.29) is 25.4 Å². The lowest BCUT2D eigenvalue weighted by atomic mass is 10.2. The quantitative estimate of drug-likeness (QED) is 0.635. The van der Waals surface area contributed by atoms with Crippen LogP contribution in [-0.4, -0.2) is 25.2 Å². The van der Waals surface area contributed by atoms with Gasteiger partial charge in [0.15, 0.2) is 0 Å². The molecular formula is C5H9ClF3N. The minimum absolute atomic E-state index is 0. The summed E-state index contributed by atoms with van der Waals surface area (Å²) >= 11 is 0. The monoisotopic (exact) mass is 175 g/mol. The minimum atomic E-state index is -2.68. The SMILES string of the molecule is Cl.FC[C@H]1CC(F)(F)CN1. The van der Waals surface area contributed by atoms with Crippen molar-refractivity contribution in [2.45, 2.75) is 18.4 Å². The van der Waals surface area contributed by atoms with E-state index in [2.05, 4.69) is 5.32 Å². The lowest BCUT2D eigenvalue weighted by Crippen LogP contribution is -2.23. The van der Waals surface area contributed by atoms with Crippen LogP contribution < -0.4 is 5.32 Å². The van der Waals surface area contributed by atoms with Gasteiger partial charge in [-0.3, -0.25) is 0 Å². The Kier molecular flexibility index (Phi) is 3.45. The Balaban J connectivity index is 0.000000810. The molecule has 0 aromatic carbocycles. The molecule has 62 valence electrons. The zero-order valence-corrected chi connectivity index (χ0v) is 6.06. The second-order valence-corrected chi connectivity index (χ2v) is 2.29. The highest BCUT2D eigenvalue weighted by molar-refractivity contribution is 5.85. The molecule has 0 amide bonds. The van der Waals surface area contributed by atoms with Gasteiger partial charge >= 0.3 is 0 Å². The highest BCUT2D eigenvalue weighted by Crippen LogP contribution is 2.24. The van der Waals surface area contributed by atoms with Crippen molar-refractivity contribution < 1.29 is 13.2 Å². The average molecular weight is 176 g/mol. The molecule has 0 aromatic heterocycles. The van der Waals surface area contributed by atoms with E-state index in [1.807, 2.05) is 0 Å². The van der Waals surface area contributed by atoms with E-state index in [9.17, 15) is 13.2 Å². The average Bonchev–Trinajstić information content (AvgIpc) is 2.10. The van der Waals surface area contributed by atoms with E-state index < -0.39 is 18.6 Å². The van der Waals surface area contributed by atoms with Crippen molar-refractivity contribution in [1.82, 2.24) is 5.32 Å². The number of halogens is 4. The Morgan fingerprint density at radius 3 is 2.30 bits per heavy atom. The standard InChI is InChI=1S/C5H8F3N.ClH/c6-2-4-1-5(7,8)3-9-4;/h4,9H,1-3H2;1H/t4-;/m1./s1. The zero-order chi connectivity index (χ0) is 6.91. The van der Waals surface area contributed by atoms with Gasteiger partial charge in [-0.2, -0.15) is 0 Å². The molecule has 0 unspecified atom stereocenters. The fourth-order valence-corrected chi connectivity index (χ4v) is 0.908. The van der Waals surface area contributed by atoms with E-state index in [4.69, 9.17) is 0 Å². The molecule has 1 atom stereocenters. The Morgan fingerprint density at radius 2 is 2.10 bits per heavy atom. The van der Waals surface area contributed by atoms with Gasteiger partial charge in [0.25, 0.3) is 5.92 Å². The fraction of sp³-hybridized carbons (Fsp3) is 1.00. The van der Waals surface area contributed by atoms with Gasteiger partial charge in [0.2, 0.25) is 0 Å². The summed E-state index contributed by atoms with van der Waals surface area (Å²) in [6, 6.07) is -0.625. The first-order valence-corrected chi connectivity index (χ1v) is 2.81. The Bertz CT molecular complexity index is 109. The van der Waals surface area contributed by atoms with Gasteiger partial charge < -0.3 is 5.32 Å². The first-order valence-electron chi connectivity index (χ1n) is 2.81. The Morgan fingerprint density at radius 1 is 1.50 bits per heavy atom. The van der Waals surface area contributed by atoms with Gasteiger partial charge in [0.1, 0.15) is 6.67 Å². The molecule has 1 heterocycles. The van der Waals surface area contributed by atoms with Crippen LogP contribution >= 0.6 is 12.4 Å². The highest BCUT2D eigenvalue weighted by Gasteiger charge is 2.38. The first kappa shape index (κ1) is 10.0. The maximum absolute atomic E-state index is 12.2. The third-order valence-corrected chi connectivity index (χ3v) is 1.38. The predicted molar refractivity (Wildman–Crippen MR) is 34.6 cm³/mol. The van der Waals surface area contributed by atoms with E-state index in [1.165, 1.54) is 0 Å². The summed E-state index contributed by atoms with van der Waals surface area (Å²) in [4.78, 5) is 0. The van der Waals surface area contributed by atoms with Crippen molar-refractivity contribution in [2.24, 2.45) is 0 Å². The van der Waals surface area contributed by atoms with Gasteiger partial charge in [0.05, 0.1) is 6.54 Å². The van der Waals surface area contributed by atoms with Crippen molar-refractivity contribution in [3.8, 4) is 0 Å². The van der Waals surface area contributed by atoms with Crippen LogP contribution in [0.15, 0.2) is 0 Å². The van der Waals surface area contributed by atoms with Gasteiger partial charge in [0, 0.05) is 12.5 Å². The molecule has 1 aliphatic heterocycles. The third-order valence-electron chi connectivity index (χ3n) is 1.38. The van der Waals surface area contributed by atoms with Crippen molar-refractivity contribution >= 4 is 12.4 Å². The van der Waals surface area contributed by atoms with Gasteiger partial charge in [-0.1, -0.05) is 0 Å². The molecule has 5 heteroatoms. The van der Waals surface area contributed by atoms with Crippen LogP contribution in [0.25, 0.3) is 0 Å². The highest BCUT2D eigenvalue weighted by atomic mass is 35.5. The van der Waals surface area contributed by atoms with E-state index in [1.54, 1.807) is 0 Å². The molecule has 0 spiro atoms. The van der Waals surface area contributed by atoms with Crippen LogP contribution in [0.5, 0.6) is 0 Å². The summed E-state index contributed by atoms with van der Waals surface area (Å²) in [7, 11) is 0. The maximum Gasteiger partial charge on any atom is 0.261 e. The van der Waals surface area contributed by atoms with E-state index in [0.717, 1.165) is 0 Å². The number of rotatable bonds is 1. The van der Waals surface area contributed by atoms with Crippen LogP contribution in [0.3, 0.4) is 0 Å². The second-order valence-electron chi connectivity index (χ2n) is 2.29. The third kappa shape index (κ3) is 2.34. The molecular weight excluding hydrogens is 167 g/mol. The summed E-state index contributed by atoms with van der Waals surface area (Å²) < 4.78 is 36.0. The van der Waals surface area contributed by atoms with E-state index in [0.29, 0.717) is 0 Å². The molecule has 0 saturated carbocycles.